The number of aromatic nitrogens is 2. The second kappa shape index (κ2) is 7.00. The van der Waals surface area contributed by atoms with Crippen molar-refractivity contribution in [3.05, 3.63) is 16.9 Å². The van der Waals surface area contributed by atoms with E-state index in [1.165, 1.54) is 0 Å². The molecule has 1 rings (SSSR count). The standard InChI is InChI=1S/C10H15ClN4O/c1-2-8-6-9(11)15-10(14-8)13-5-3-4-12-7-16/h6-7H,2-5H2,1H3,(H,12,16)(H,13,14,15). The van der Waals surface area contributed by atoms with E-state index in [0.717, 1.165) is 18.5 Å². The van der Waals surface area contributed by atoms with Gasteiger partial charge in [-0.25, -0.2) is 9.97 Å². The van der Waals surface area contributed by atoms with Crippen molar-refractivity contribution in [2.75, 3.05) is 18.4 Å². The minimum atomic E-state index is 0.445. The van der Waals surface area contributed by atoms with Crippen molar-refractivity contribution in [3.8, 4) is 0 Å². The minimum Gasteiger partial charge on any atom is -0.359 e. The van der Waals surface area contributed by atoms with E-state index in [9.17, 15) is 4.79 Å². The van der Waals surface area contributed by atoms with Crippen LogP contribution in [0.15, 0.2) is 6.07 Å². The molecule has 1 amide bonds. The maximum atomic E-state index is 9.99. The zero-order valence-electron chi connectivity index (χ0n) is 9.16. The molecule has 2 N–H and O–H groups in total. The number of carbonyl (C=O) groups excluding carboxylic acids is 1. The molecule has 0 bridgehead atoms. The normalized spacial score (nSPS) is 9.88. The fourth-order valence-corrected chi connectivity index (χ4v) is 1.38. The molecule has 0 radical (unpaired) electrons. The van der Waals surface area contributed by atoms with Crippen molar-refractivity contribution in [3.63, 3.8) is 0 Å². The van der Waals surface area contributed by atoms with Crippen molar-refractivity contribution in [1.82, 2.24) is 15.3 Å². The Morgan fingerprint density at radius 1 is 1.44 bits per heavy atom. The fourth-order valence-electron chi connectivity index (χ4n) is 1.17. The second-order valence-corrected chi connectivity index (χ2v) is 3.60. The van der Waals surface area contributed by atoms with E-state index in [1.807, 2.05) is 6.92 Å². The van der Waals surface area contributed by atoms with E-state index in [1.54, 1.807) is 6.07 Å². The largest absolute Gasteiger partial charge is 0.359 e. The number of aryl methyl sites for hydroxylation is 1. The molecular weight excluding hydrogens is 228 g/mol. The van der Waals surface area contributed by atoms with Crippen LogP contribution in [0, 0.1) is 0 Å². The Kier molecular flexibility index (Phi) is 5.56. The summed E-state index contributed by atoms with van der Waals surface area (Å²) in [5.74, 6) is 0.537. The molecule has 0 aliphatic carbocycles. The molecule has 88 valence electrons. The van der Waals surface area contributed by atoms with E-state index < -0.39 is 0 Å². The van der Waals surface area contributed by atoms with Gasteiger partial charge in [-0.2, -0.15) is 0 Å². The molecule has 0 aliphatic heterocycles. The molecule has 0 aromatic carbocycles. The smallest absolute Gasteiger partial charge is 0.224 e. The van der Waals surface area contributed by atoms with Crippen molar-refractivity contribution in [2.45, 2.75) is 19.8 Å². The third kappa shape index (κ3) is 4.44. The van der Waals surface area contributed by atoms with Gasteiger partial charge in [0.1, 0.15) is 5.15 Å². The Morgan fingerprint density at radius 3 is 2.94 bits per heavy atom. The maximum absolute atomic E-state index is 9.99. The van der Waals surface area contributed by atoms with Crippen molar-refractivity contribution in [2.24, 2.45) is 0 Å². The third-order valence-corrected chi connectivity index (χ3v) is 2.17. The monoisotopic (exact) mass is 242 g/mol. The number of hydrogen-bond donors (Lipinski definition) is 2. The Morgan fingerprint density at radius 2 is 2.25 bits per heavy atom. The lowest BCUT2D eigenvalue weighted by Gasteiger charge is -2.06. The Labute approximate surface area is 99.6 Å². The number of carbonyl (C=O) groups is 1. The van der Waals surface area contributed by atoms with Crippen LogP contribution in [-0.2, 0) is 11.2 Å². The molecule has 1 aromatic heterocycles. The molecule has 1 aromatic rings. The molecule has 16 heavy (non-hydrogen) atoms. The zero-order chi connectivity index (χ0) is 11.8. The van der Waals surface area contributed by atoms with E-state index in [2.05, 4.69) is 20.6 Å². The molecular formula is C10H15ClN4O. The summed E-state index contributed by atoms with van der Waals surface area (Å²) in [7, 11) is 0. The van der Waals surface area contributed by atoms with Crippen LogP contribution in [0.4, 0.5) is 5.95 Å². The van der Waals surface area contributed by atoms with Gasteiger partial charge in [0.05, 0.1) is 0 Å². The van der Waals surface area contributed by atoms with E-state index in [-0.39, 0.29) is 0 Å². The van der Waals surface area contributed by atoms with Gasteiger partial charge in [-0.3, -0.25) is 4.79 Å². The highest BCUT2D eigenvalue weighted by atomic mass is 35.5. The summed E-state index contributed by atoms with van der Waals surface area (Å²) in [6, 6.07) is 1.75. The predicted molar refractivity (Wildman–Crippen MR) is 63.6 cm³/mol. The quantitative estimate of drug-likeness (QED) is 0.429. The van der Waals surface area contributed by atoms with E-state index >= 15 is 0 Å². The lowest BCUT2D eigenvalue weighted by atomic mass is 10.3. The van der Waals surface area contributed by atoms with Gasteiger partial charge < -0.3 is 10.6 Å². The molecule has 0 unspecified atom stereocenters. The van der Waals surface area contributed by atoms with Crippen LogP contribution in [0.25, 0.3) is 0 Å². The van der Waals surface area contributed by atoms with Crippen molar-refractivity contribution < 1.29 is 4.79 Å². The lowest BCUT2D eigenvalue weighted by molar-refractivity contribution is -0.109. The first-order chi connectivity index (χ1) is 7.76. The predicted octanol–water partition coefficient (Wildman–Crippen LogP) is 1.24. The van der Waals surface area contributed by atoms with Crippen LogP contribution in [0.2, 0.25) is 5.15 Å². The number of hydrogen-bond acceptors (Lipinski definition) is 4. The van der Waals surface area contributed by atoms with Gasteiger partial charge in [-0.1, -0.05) is 18.5 Å². The summed E-state index contributed by atoms with van der Waals surface area (Å²) in [5.41, 5.74) is 0.911. The molecule has 0 fully saturated rings. The van der Waals surface area contributed by atoms with Crippen LogP contribution in [0.3, 0.4) is 0 Å². The zero-order valence-corrected chi connectivity index (χ0v) is 9.92. The van der Waals surface area contributed by atoms with Gasteiger partial charge >= 0.3 is 0 Å². The Hall–Kier alpha value is -1.36. The summed E-state index contributed by atoms with van der Waals surface area (Å²) < 4.78 is 0. The topological polar surface area (TPSA) is 66.9 Å². The maximum Gasteiger partial charge on any atom is 0.224 e. The third-order valence-electron chi connectivity index (χ3n) is 1.97. The summed E-state index contributed by atoms with van der Waals surface area (Å²) >= 11 is 5.84. The first kappa shape index (κ1) is 12.7. The summed E-state index contributed by atoms with van der Waals surface area (Å²) in [4.78, 5) is 18.3. The molecule has 0 spiro atoms. The molecule has 5 nitrogen and oxygen atoms in total. The summed E-state index contributed by atoms with van der Waals surface area (Å²) in [5, 5.41) is 6.08. The average molecular weight is 243 g/mol. The van der Waals surface area contributed by atoms with Gasteiger partial charge in [0.25, 0.3) is 0 Å². The SMILES string of the molecule is CCc1cc(Cl)nc(NCCCNC=O)n1. The molecule has 6 heteroatoms. The highest BCUT2D eigenvalue weighted by Gasteiger charge is 2.00. The second-order valence-electron chi connectivity index (χ2n) is 3.21. The molecule has 1 heterocycles. The fraction of sp³-hybridized carbons (Fsp3) is 0.500. The number of rotatable bonds is 7. The highest BCUT2D eigenvalue weighted by molar-refractivity contribution is 6.29. The van der Waals surface area contributed by atoms with Crippen LogP contribution < -0.4 is 10.6 Å². The number of nitrogens with one attached hydrogen (secondary N) is 2. The van der Waals surface area contributed by atoms with Gasteiger partial charge in [-0.15, -0.1) is 0 Å². The molecule has 0 saturated heterocycles. The number of amides is 1. The molecule has 0 saturated carbocycles. The van der Waals surface area contributed by atoms with Crippen LogP contribution in [-0.4, -0.2) is 29.5 Å². The number of anilines is 1. The Balaban J connectivity index is 2.41. The minimum absolute atomic E-state index is 0.445. The van der Waals surface area contributed by atoms with Crippen LogP contribution in [0.5, 0.6) is 0 Å². The molecule has 0 atom stereocenters. The van der Waals surface area contributed by atoms with Crippen LogP contribution in [0.1, 0.15) is 19.0 Å². The van der Waals surface area contributed by atoms with Crippen molar-refractivity contribution in [1.29, 1.82) is 0 Å². The molecule has 0 aliphatic rings. The number of halogens is 1. The first-order valence-corrected chi connectivity index (χ1v) is 5.58. The lowest BCUT2D eigenvalue weighted by Crippen LogP contribution is -2.16. The first-order valence-electron chi connectivity index (χ1n) is 5.20. The van der Waals surface area contributed by atoms with Gasteiger partial charge in [0.15, 0.2) is 0 Å². The van der Waals surface area contributed by atoms with Gasteiger partial charge in [-0.05, 0) is 18.9 Å². The highest BCUT2D eigenvalue weighted by Crippen LogP contribution is 2.10. The van der Waals surface area contributed by atoms with Gasteiger partial charge in [0.2, 0.25) is 12.4 Å². The Bertz CT molecular complexity index is 346. The summed E-state index contributed by atoms with van der Waals surface area (Å²) in [6.45, 7) is 3.35. The number of nitrogens with zero attached hydrogens (tertiary/aromatic N) is 2. The van der Waals surface area contributed by atoms with Crippen molar-refractivity contribution >= 4 is 24.0 Å². The van der Waals surface area contributed by atoms with E-state index in [4.69, 9.17) is 11.6 Å². The van der Waals surface area contributed by atoms with E-state index in [0.29, 0.717) is 30.6 Å². The average Bonchev–Trinajstić information content (AvgIpc) is 2.28. The summed E-state index contributed by atoms with van der Waals surface area (Å²) in [6.07, 6.45) is 2.32. The van der Waals surface area contributed by atoms with Gasteiger partial charge in [0, 0.05) is 18.8 Å². The van der Waals surface area contributed by atoms with Crippen LogP contribution >= 0.6 is 11.6 Å².